The van der Waals surface area contributed by atoms with Gasteiger partial charge in [-0.25, -0.2) is 0 Å². The normalized spacial score (nSPS) is 42.6. The number of nitrogens with two attached hydrogens (primary N) is 1. The third kappa shape index (κ3) is 7.93. The predicted octanol–water partition coefficient (Wildman–Crippen LogP) is 11.2. The Labute approximate surface area is 441 Å². The molecule has 390 valence electrons. The molecule has 7 fully saturated rings. The molecular formula is C61H78N4O6S2. The number of hydrogen-bond acceptors (Lipinski definition) is 11. The number of amides is 1. The number of esters is 1. The van der Waals surface area contributed by atoms with Crippen LogP contribution in [-0.4, -0.2) is 74.0 Å². The van der Waals surface area contributed by atoms with Crippen LogP contribution in [0.1, 0.15) is 182 Å². The van der Waals surface area contributed by atoms with Gasteiger partial charge in [0.05, 0.1) is 18.1 Å². The van der Waals surface area contributed by atoms with Crippen LogP contribution in [0.4, 0.5) is 0 Å². The Morgan fingerprint density at radius 3 is 2.73 bits per heavy atom. The first kappa shape index (κ1) is 48.8. The number of ether oxygens (including phenoxy) is 2. The van der Waals surface area contributed by atoms with Crippen LogP contribution in [0.2, 0.25) is 0 Å². The van der Waals surface area contributed by atoms with Gasteiger partial charge in [-0.15, -0.1) is 5.92 Å². The lowest BCUT2D eigenvalue weighted by atomic mass is 9.57. The largest absolute Gasteiger partial charge is 0.504 e. The van der Waals surface area contributed by atoms with Gasteiger partial charge in [0.2, 0.25) is 5.91 Å². The third-order valence-corrected chi connectivity index (χ3v) is 25.2. The van der Waals surface area contributed by atoms with Crippen LogP contribution in [0.3, 0.4) is 0 Å². The number of phenolic OH excluding ortho intramolecular Hbond substituents is 1. The SMILES string of the molecule is CC(=O)OC12CC(O)C3CCCCCSSC45CCCC46CCC(CC#CC4(CCC(c7ccccc7)C47CC(=O)N(Cc4cc(c8c(c4O)OC49C=CC8CC4CCC9)CC1CCC3C2)C7)CN=C(N)N5)C6. The van der Waals surface area contributed by atoms with Crippen LogP contribution in [0.5, 0.6) is 11.5 Å². The van der Waals surface area contributed by atoms with E-state index in [-0.39, 0.29) is 64.0 Å². The summed E-state index contributed by atoms with van der Waals surface area (Å²) in [6.45, 7) is 2.69. The van der Waals surface area contributed by atoms with Crippen molar-refractivity contribution in [1.82, 2.24) is 10.2 Å². The lowest BCUT2D eigenvalue weighted by molar-refractivity contribution is -0.195. The minimum Gasteiger partial charge on any atom is -0.504 e. The number of carbonyl (C=O) groups excluding carboxylic acids is 2. The molecule has 12 heteroatoms. The smallest absolute Gasteiger partial charge is 0.303 e. The zero-order chi connectivity index (χ0) is 49.8. The molecule has 0 radical (unpaired) electrons. The molecule has 5 spiro atoms. The second-order valence-corrected chi connectivity index (χ2v) is 28.2. The third-order valence-electron chi connectivity index (χ3n) is 21.9. The lowest BCUT2D eigenvalue weighted by Gasteiger charge is -2.54. The van der Waals surface area contributed by atoms with E-state index in [2.05, 4.69) is 65.7 Å². The van der Waals surface area contributed by atoms with E-state index in [0.29, 0.717) is 61.5 Å². The molecule has 6 saturated carbocycles. The lowest BCUT2D eigenvalue weighted by Crippen LogP contribution is -2.56. The van der Waals surface area contributed by atoms with Gasteiger partial charge in [-0.3, -0.25) is 14.6 Å². The van der Waals surface area contributed by atoms with E-state index in [4.69, 9.17) is 20.2 Å². The first-order chi connectivity index (χ1) is 35.4. The number of phenols is 1. The fourth-order valence-electron chi connectivity index (χ4n) is 18.5. The highest BCUT2D eigenvalue weighted by molar-refractivity contribution is 8.77. The fourth-order valence-corrected chi connectivity index (χ4v) is 22.1. The summed E-state index contributed by atoms with van der Waals surface area (Å²) in [6.07, 6.45) is 26.1. The van der Waals surface area contributed by atoms with Crippen molar-refractivity contribution in [2.24, 2.45) is 56.6 Å². The zero-order valence-electron chi connectivity index (χ0n) is 43.1. The number of allylic oxidation sites excluding steroid dienone is 1. The number of benzene rings is 2. The molecule has 5 N–H and O–H groups in total. The second kappa shape index (κ2) is 18.5. The molecule has 14 atom stereocenters. The van der Waals surface area contributed by atoms with E-state index >= 15 is 4.79 Å². The Morgan fingerprint density at radius 2 is 1.85 bits per heavy atom. The second-order valence-electron chi connectivity index (χ2n) is 25.5. The number of aromatic hydroxyl groups is 1. The van der Waals surface area contributed by atoms with Crippen LogP contribution in [-0.2, 0) is 27.3 Å². The summed E-state index contributed by atoms with van der Waals surface area (Å²) >= 11 is 0. The van der Waals surface area contributed by atoms with Crippen LogP contribution >= 0.6 is 21.6 Å². The Hall–Kier alpha value is -3.79. The van der Waals surface area contributed by atoms with Gasteiger partial charge in [0.25, 0.3) is 0 Å². The Balaban J connectivity index is 0.934. The van der Waals surface area contributed by atoms with E-state index in [1.54, 1.807) is 0 Å². The van der Waals surface area contributed by atoms with Crippen molar-refractivity contribution in [2.45, 2.75) is 195 Å². The monoisotopic (exact) mass is 1030 g/mol. The van der Waals surface area contributed by atoms with E-state index in [9.17, 15) is 15.0 Å². The number of fused-ring (bicyclic) bond motifs is 9. The average Bonchev–Trinajstić information content (AvgIpc) is 4.16. The number of rotatable bonds is 2. The molecule has 1 amide bonds. The molecule has 15 rings (SSSR count). The minimum absolute atomic E-state index is 0.0206. The maximum Gasteiger partial charge on any atom is 0.303 e. The van der Waals surface area contributed by atoms with Crippen LogP contribution in [0.15, 0.2) is 53.5 Å². The molecule has 2 aromatic carbocycles. The van der Waals surface area contributed by atoms with E-state index in [1.165, 1.54) is 38.2 Å². The molecule has 0 aromatic heterocycles. The van der Waals surface area contributed by atoms with Crippen molar-refractivity contribution in [3.63, 3.8) is 0 Å². The fraction of sp³-hybridized carbons (Fsp3) is 0.689. The Morgan fingerprint density at radius 1 is 0.959 bits per heavy atom. The maximum absolute atomic E-state index is 15.3. The summed E-state index contributed by atoms with van der Waals surface area (Å²) in [5.74, 6) is 11.5. The molecule has 10 nitrogen and oxygen atoms in total. The number of aliphatic hydroxyl groups is 1. The predicted molar refractivity (Wildman–Crippen MR) is 289 cm³/mol. The van der Waals surface area contributed by atoms with Crippen molar-refractivity contribution in [2.75, 3.05) is 18.8 Å². The van der Waals surface area contributed by atoms with Gasteiger partial charge in [0.15, 0.2) is 17.5 Å². The highest BCUT2D eigenvalue weighted by atomic mass is 33.1. The van der Waals surface area contributed by atoms with E-state index in [1.807, 2.05) is 26.5 Å². The first-order valence-corrected chi connectivity index (χ1v) is 31.0. The molecule has 73 heavy (non-hydrogen) atoms. The van der Waals surface area contributed by atoms with Crippen molar-refractivity contribution in [3.05, 3.63) is 70.8 Å². The summed E-state index contributed by atoms with van der Waals surface area (Å²) in [5, 5.41) is 29.0. The minimum atomic E-state index is -0.782. The molecule has 14 bridgehead atoms. The standard InChI is InChI=1S/C61H78N4O6S2/c1-39(66)70-60-33-43-16-17-47(60)31-44-29-45(53(69)54-52(44)42-19-27-59(71-54)23-9-14-46(59)30-42)36-65-38-58(35-51(65)68)49(41-12-4-2-5-13-41)20-26-57(58)21-8-11-40-18-25-56(32-40)22-10-24-61(56,64-55(62)63-37-57)73-72-28-7-3-6-15-48(43)50(67)34-60/h2,4-5,12-13,19,27,29,40,42-43,46-50,67,69H,3,6-7,9-11,14-18,20,22-26,28,30-38H2,1H3,(H3,62,63,64). The zero-order valence-corrected chi connectivity index (χ0v) is 44.8. The summed E-state index contributed by atoms with van der Waals surface area (Å²) in [4.78, 5) is 35.7. The first-order valence-electron chi connectivity index (χ1n) is 28.7. The molecule has 7 aliphatic carbocycles. The molecule has 13 aliphatic rings. The topological polar surface area (TPSA) is 147 Å². The molecular weight excluding hydrogens is 949 g/mol. The quantitative estimate of drug-likeness (QED) is 0.0992. The number of guanidine groups is 1. The van der Waals surface area contributed by atoms with Crippen LogP contribution in [0.25, 0.3) is 0 Å². The van der Waals surface area contributed by atoms with Gasteiger partial charge in [0.1, 0.15) is 16.1 Å². The molecule has 1 saturated heterocycles. The summed E-state index contributed by atoms with van der Waals surface area (Å²) in [7, 11) is 4.04. The molecule has 2 aromatic rings. The van der Waals surface area contributed by atoms with Crippen molar-refractivity contribution >= 4 is 39.4 Å². The summed E-state index contributed by atoms with van der Waals surface area (Å²) < 4.78 is 13.8. The number of hydrogen-bond donors (Lipinski definition) is 4. The van der Waals surface area contributed by atoms with Crippen molar-refractivity contribution < 1.29 is 29.3 Å². The molecule has 6 heterocycles. The van der Waals surface area contributed by atoms with Gasteiger partial charge < -0.3 is 35.6 Å². The highest BCUT2D eigenvalue weighted by Crippen LogP contribution is 2.67. The van der Waals surface area contributed by atoms with Gasteiger partial charge in [-0.2, -0.15) is 0 Å². The van der Waals surface area contributed by atoms with Gasteiger partial charge in [-0.05, 0) is 163 Å². The Kier molecular flexibility index (Phi) is 12.3. The average molecular weight is 1030 g/mol. The molecule has 6 aliphatic heterocycles. The highest BCUT2D eigenvalue weighted by Gasteiger charge is 2.65. The number of aliphatic hydroxyl groups excluding tert-OH is 1. The van der Waals surface area contributed by atoms with Crippen molar-refractivity contribution in [1.29, 1.82) is 0 Å². The van der Waals surface area contributed by atoms with Gasteiger partial charge >= 0.3 is 5.97 Å². The maximum atomic E-state index is 15.3. The van der Waals surface area contributed by atoms with Crippen LogP contribution in [0, 0.1) is 57.7 Å². The number of nitrogens with zero attached hydrogens (tertiary/aromatic N) is 2. The van der Waals surface area contributed by atoms with E-state index < -0.39 is 28.1 Å². The summed E-state index contributed by atoms with van der Waals surface area (Å²) in [5.41, 5.74) is 9.05. The number of aliphatic imine (C=N–C) groups is 1. The number of carbonyl (C=O) groups is 2. The van der Waals surface area contributed by atoms with Gasteiger partial charge in [-0.1, -0.05) is 76.8 Å². The van der Waals surface area contributed by atoms with Crippen molar-refractivity contribution in [3.8, 4) is 23.3 Å². The Bertz CT molecular complexity index is 2650. The van der Waals surface area contributed by atoms with E-state index in [0.717, 1.165) is 120 Å². The number of nitrogens with one attached hydrogen (secondary N) is 1. The van der Waals surface area contributed by atoms with Gasteiger partial charge in [0, 0.05) is 84.7 Å². The molecule has 14 unspecified atom stereocenters. The summed E-state index contributed by atoms with van der Waals surface area (Å²) in [6, 6.07) is 13.0. The van der Waals surface area contributed by atoms with Crippen LogP contribution < -0.4 is 15.8 Å².